The fourth-order valence-electron chi connectivity index (χ4n) is 6.29. The van der Waals surface area contributed by atoms with Gasteiger partial charge in [0.15, 0.2) is 0 Å². The highest BCUT2D eigenvalue weighted by Gasteiger charge is 2.45. The first-order valence-corrected chi connectivity index (χ1v) is 15.6. The number of fused-ring (bicyclic) bond motifs is 2. The number of nitrogens with one attached hydrogen (secondary N) is 1. The second-order valence-corrected chi connectivity index (χ2v) is 11.9. The number of carbonyl (C=O) groups is 4. The van der Waals surface area contributed by atoms with Crippen molar-refractivity contribution in [3.63, 3.8) is 0 Å². The smallest absolute Gasteiger partial charge is 0.266 e. The van der Waals surface area contributed by atoms with Gasteiger partial charge < -0.3 is 29.0 Å². The lowest BCUT2D eigenvalue weighted by atomic mass is 9.99. The van der Waals surface area contributed by atoms with Crippen LogP contribution in [0.1, 0.15) is 45.5 Å². The van der Waals surface area contributed by atoms with E-state index < -0.39 is 23.8 Å². The molecule has 2 aromatic carbocycles. The number of allylic oxidation sites excluding steroid dienone is 1. The van der Waals surface area contributed by atoms with Crippen LogP contribution in [-0.4, -0.2) is 76.9 Å². The summed E-state index contributed by atoms with van der Waals surface area (Å²) in [5.41, 5.74) is 2.78. The summed E-state index contributed by atoms with van der Waals surface area (Å²) in [7, 11) is 6.39. The van der Waals surface area contributed by atoms with Gasteiger partial charge in [0.1, 0.15) is 23.3 Å². The van der Waals surface area contributed by atoms with Crippen LogP contribution < -0.4 is 25.1 Å². The van der Waals surface area contributed by atoms with Crippen molar-refractivity contribution in [2.75, 3.05) is 27.9 Å². The number of nitrogens with zero attached hydrogens (tertiary/aromatic N) is 4. The van der Waals surface area contributed by atoms with Crippen LogP contribution in [0.15, 0.2) is 72.1 Å². The number of piperidine rings is 1. The molecule has 2 aliphatic heterocycles. The molecule has 1 saturated heterocycles. The van der Waals surface area contributed by atoms with Crippen molar-refractivity contribution in [1.29, 1.82) is 0 Å². The summed E-state index contributed by atoms with van der Waals surface area (Å²) < 4.78 is 18.9. The molecule has 1 N–H and O–H groups in total. The molecule has 49 heavy (non-hydrogen) atoms. The Balaban J connectivity index is 1.16. The Morgan fingerprint density at radius 3 is 2.45 bits per heavy atom. The zero-order valence-corrected chi connectivity index (χ0v) is 27.6. The van der Waals surface area contributed by atoms with Crippen molar-refractivity contribution >= 4 is 34.4 Å². The van der Waals surface area contributed by atoms with Crippen molar-refractivity contribution in [2.45, 2.75) is 31.8 Å². The van der Waals surface area contributed by atoms with E-state index in [1.165, 1.54) is 29.8 Å². The molecule has 1 unspecified atom stereocenters. The number of amides is 4. The standard InChI is InChI=1S/C36H35N5O8/c1-20-9-10-27(33(43)38-20)41-35(45)23-7-6-8-28(32(23)36(41)46)49-14-12-31(42)39(2)19-26-29(47-4)15-21(16-30(26)48-5)25-18-40(3)34(44)24-17-37-13-11-22(24)25/h6-8,11,13,15-18,27H,1,9-10,12,14,19H2,2-5H3,(H,38,43). The normalized spacial score (nSPS) is 15.7. The summed E-state index contributed by atoms with van der Waals surface area (Å²) in [6.45, 7) is 3.84. The summed E-state index contributed by atoms with van der Waals surface area (Å²) >= 11 is 0. The molecule has 4 amide bonds. The summed E-state index contributed by atoms with van der Waals surface area (Å²) in [4.78, 5) is 71.7. The Bertz CT molecular complexity index is 2080. The zero-order valence-electron chi connectivity index (χ0n) is 27.6. The van der Waals surface area contributed by atoms with Crippen molar-refractivity contribution in [1.82, 2.24) is 24.7 Å². The van der Waals surface area contributed by atoms with Crippen molar-refractivity contribution in [3.8, 4) is 28.4 Å². The molecule has 0 aliphatic carbocycles. The molecule has 0 radical (unpaired) electrons. The number of methoxy groups -OCH3 is 2. The van der Waals surface area contributed by atoms with E-state index in [1.54, 1.807) is 50.9 Å². The number of carbonyl (C=O) groups excluding carboxylic acids is 4. The van der Waals surface area contributed by atoms with Crippen molar-refractivity contribution in [2.24, 2.45) is 7.05 Å². The molecule has 6 rings (SSSR count). The number of rotatable bonds is 10. The Kier molecular flexibility index (Phi) is 8.91. The van der Waals surface area contributed by atoms with Gasteiger partial charge >= 0.3 is 0 Å². The Morgan fingerprint density at radius 2 is 1.76 bits per heavy atom. The van der Waals surface area contributed by atoms with Crippen LogP contribution in [0, 0.1) is 0 Å². The van der Waals surface area contributed by atoms with Gasteiger partial charge in [-0.05, 0) is 54.1 Å². The first kappa shape index (κ1) is 32.9. The highest BCUT2D eigenvalue weighted by atomic mass is 16.5. The number of hydrogen-bond acceptors (Lipinski definition) is 9. The SMILES string of the molecule is C=C1CCC(N2C(=O)c3cccc(OCCC(=O)N(C)Cc4c(OC)cc(-c5cn(C)c(=O)c6cnccc56)cc4OC)c3C2=O)C(=O)N1. The third-order valence-electron chi connectivity index (χ3n) is 8.84. The minimum Gasteiger partial charge on any atom is -0.496 e. The highest BCUT2D eigenvalue weighted by molar-refractivity contribution is 6.24. The van der Waals surface area contributed by atoms with E-state index in [0.717, 1.165) is 21.4 Å². The van der Waals surface area contributed by atoms with Gasteiger partial charge in [0.2, 0.25) is 11.8 Å². The number of aryl methyl sites for hydroxylation is 1. The van der Waals surface area contributed by atoms with Crippen molar-refractivity contribution in [3.05, 3.63) is 94.3 Å². The van der Waals surface area contributed by atoms with Crippen LogP contribution in [0.4, 0.5) is 0 Å². The lowest BCUT2D eigenvalue weighted by Gasteiger charge is -2.29. The minimum absolute atomic E-state index is 0.0278. The molecule has 4 heterocycles. The molecule has 1 atom stereocenters. The number of benzene rings is 2. The van der Waals surface area contributed by atoms with Crippen LogP contribution in [0.3, 0.4) is 0 Å². The maximum absolute atomic E-state index is 13.4. The molecule has 2 aromatic heterocycles. The molecule has 2 aliphatic rings. The summed E-state index contributed by atoms with van der Waals surface area (Å²) in [5, 5.41) is 3.83. The van der Waals surface area contributed by atoms with E-state index >= 15 is 0 Å². The van der Waals surface area contributed by atoms with Crippen LogP contribution in [0.5, 0.6) is 17.2 Å². The Hall–Kier alpha value is -5.98. The number of pyridine rings is 2. The van der Waals surface area contributed by atoms with Crippen molar-refractivity contribution < 1.29 is 33.4 Å². The van der Waals surface area contributed by atoms with Crippen LogP contribution in [0.25, 0.3) is 21.9 Å². The molecular formula is C36H35N5O8. The molecule has 0 saturated carbocycles. The van der Waals surface area contributed by atoms with Gasteiger partial charge in [0, 0.05) is 43.9 Å². The third kappa shape index (κ3) is 5.99. The van der Waals surface area contributed by atoms with Gasteiger partial charge in [-0.1, -0.05) is 12.6 Å². The lowest BCUT2D eigenvalue weighted by Crippen LogP contribution is -2.51. The summed E-state index contributed by atoms with van der Waals surface area (Å²) in [6.07, 6.45) is 5.63. The molecule has 1 fully saturated rings. The van der Waals surface area contributed by atoms with Gasteiger partial charge in [-0.25, -0.2) is 0 Å². The first-order chi connectivity index (χ1) is 23.5. The van der Waals surface area contributed by atoms with E-state index in [2.05, 4.69) is 16.9 Å². The molecule has 13 nitrogen and oxygen atoms in total. The zero-order chi connectivity index (χ0) is 35.0. The molecular weight excluding hydrogens is 630 g/mol. The average molecular weight is 666 g/mol. The third-order valence-corrected chi connectivity index (χ3v) is 8.84. The van der Waals surface area contributed by atoms with E-state index in [9.17, 15) is 24.0 Å². The Morgan fingerprint density at radius 1 is 1.02 bits per heavy atom. The monoisotopic (exact) mass is 665 g/mol. The molecule has 4 aromatic rings. The number of ether oxygens (including phenoxy) is 3. The predicted octanol–water partition coefficient (Wildman–Crippen LogP) is 3.43. The molecule has 0 bridgehead atoms. The minimum atomic E-state index is -0.943. The molecule has 252 valence electrons. The van der Waals surface area contributed by atoms with Gasteiger partial charge in [-0.2, -0.15) is 0 Å². The fraction of sp³-hybridized carbons (Fsp3) is 0.278. The van der Waals surface area contributed by atoms with Crippen LogP contribution in [-0.2, 0) is 23.2 Å². The van der Waals surface area contributed by atoms with E-state index in [-0.39, 0.29) is 54.3 Å². The highest BCUT2D eigenvalue weighted by Crippen LogP contribution is 2.38. The largest absolute Gasteiger partial charge is 0.496 e. The van der Waals surface area contributed by atoms with Gasteiger partial charge in [0.05, 0.1) is 55.9 Å². The second-order valence-electron chi connectivity index (χ2n) is 11.9. The van der Waals surface area contributed by atoms with Gasteiger partial charge in [0.25, 0.3) is 17.4 Å². The second kappa shape index (κ2) is 13.3. The maximum Gasteiger partial charge on any atom is 0.266 e. The topological polar surface area (TPSA) is 149 Å². The molecule has 0 spiro atoms. The molecule has 13 heteroatoms. The fourth-order valence-corrected chi connectivity index (χ4v) is 6.29. The van der Waals surface area contributed by atoms with E-state index in [1.807, 2.05) is 12.1 Å². The lowest BCUT2D eigenvalue weighted by molar-refractivity contribution is -0.131. The van der Waals surface area contributed by atoms with E-state index in [0.29, 0.717) is 34.6 Å². The quantitative estimate of drug-likeness (QED) is 0.252. The summed E-state index contributed by atoms with van der Waals surface area (Å²) in [5.74, 6) is -0.742. The first-order valence-electron chi connectivity index (χ1n) is 15.6. The summed E-state index contributed by atoms with van der Waals surface area (Å²) in [6, 6.07) is 9.19. The average Bonchev–Trinajstić information content (AvgIpc) is 3.35. The Labute approximate surface area is 281 Å². The number of hydrogen-bond donors (Lipinski definition) is 1. The van der Waals surface area contributed by atoms with Crippen LogP contribution >= 0.6 is 0 Å². The van der Waals surface area contributed by atoms with Gasteiger partial charge in [-0.3, -0.25) is 33.9 Å². The van der Waals surface area contributed by atoms with E-state index in [4.69, 9.17) is 14.2 Å². The van der Waals surface area contributed by atoms with Crippen LogP contribution in [0.2, 0.25) is 0 Å². The maximum atomic E-state index is 13.4. The number of aromatic nitrogens is 2. The van der Waals surface area contributed by atoms with Gasteiger partial charge in [-0.15, -0.1) is 0 Å². The number of imide groups is 1. The predicted molar refractivity (Wildman–Crippen MR) is 179 cm³/mol.